The molecule has 0 radical (unpaired) electrons. The monoisotopic (exact) mass is 424 g/mol. The summed E-state index contributed by atoms with van der Waals surface area (Å²) >= 11 is 0. The zero-order valence-electron chi connectivity index (χ0n) is 18.1. The van der Waals surface area contributed by atoms with Gasteiger partial charge in [0.2, 0.25) is 0 Å². The Morgan fingerprint density at radius 3 is 2.69 bits per heavy atom. The summed E-state index contributed by atoms with van der Waals surface area (Å²) in [4.78, 5) is 11.5. The van der Waals surface area contributed by atoms with E-state index in [9.17, 15) is 5.11 Å². The smallest absolute Gasteiger partial charge is 0.163 e. The third kappa shape index (κ3) is 3.33. The number of benzene rings is 1. The van der Waals surface area contributed by atoms with Gasteiger partial charge in [0.15, 0.2) is 5.65 Å². The van der Waals surface area contributed by atoms with E-state index in [0.29, 0.717) is 17.8 Å². The molecule has 160 valence electrons. The van der Waals surface area contributed by atoms with Gasteiger partial charge in [-0.05, 0) is 30.2 Å². The number of fused-ring (bicyclic) bond motifs is 2. The molecule has 7 heteroatoms. The zero-order valence-corrected chi connectivity index (χ0v) is 18.1. The largest absolute Gasteiger partial charge is 0.391 e. The molecule has 32 heavy (non-hydrogen) atoms. The molecule has 4 aromatic heterocycles. The van der Waals surface area contributed by atoms with Crippen LogP contribution < -0.4 is 4.90 Å². The number of pyridine rings is 1. The predicted octanol–water partition coefficient (Wildman–Crippen LogP) is 4.21. The Kier molecular flexibility index (Phi) is 4.95. The van der Waals surface area contributed by atoms with Crippen LogP contribution in [-0.4, -0.2) is 36.1 Å². The summed E-state index contributed by atoms with van der Waals surface area (Å²) in [6.07, 6.45) is 5.38. The molecule has 0 amide bonds. The van der Waals surface area contributed by atoms with Gasteiger partial charge in [-0.15, -0.1) is 0 Å². The molecule has 0 aliphatic carbocycles. The topological polar surface area (TPSA) is 71.0 Å². The molecular formula is C25H24N6O. The van der Waals surface area contributed by atoms with Crippen LogP contribution in [0.3, 0.4) is 0 Å². The summed E-state index contributed by atoms with van der Waals surface area (Å²) in [5.41, 5.74) is 6.99. The number of aliphatic hydroxyl groups excluding tert-OH is 1. The lowest BCUT2D eigenvalue weighted by atomic mass is 10.1. The molecule has 0 atom stereocenters. The molecule has 1 N–H and O–H groups in total. The second-order valence-corrected chi connectivity index (χ2v) is 7.94. The van der Waals surface area contributed by atoms with Crippen molar-refractivity contribution >= 4 is 22.7 Å². The molecule has 0 aliphatic heterocycles. The van der Waals surface area contributed by atoms with E-state index in [1.807, 2.05) is 61.0 Å². The minimum Gasteiger partial charge on any atom is -0.391 e. The van der Waals surface area contributed by atoms with Gasteiger partial charge in [0.05, 0.1) is 24.2 Å². The van der Waals surface area contributed by atoms with Crippen molar-refractivity contribution in [2.75, 3.05) is 11.9 Å². The Morgan fingerprint density at radius 2 is 1.94 bits per heavy atom. The highest BCUT2D eigenvalue weighted by Gasteiger charge is 2.17. The molecule has 1 aromatic carbocycles. The molecule has 5 rings (SSSR count). The van der Waals surface area contributed by atoms with Crippen molar-refractivity contribution in [3.63, 3.8) is 0 Å². The number of hydrogen-bond donors (Lipinski definition) is 1. The van der Waals surface area contributed by atoms with Crippen LogP contribution in [0.5, 0.6) is 0 Å². The van der Waals surface area contributed by atoms with E-state index in [1.54, 1.807) is 16.9 Å². The Morgan fingerprint density at radius 1 is 1.12 bits per heavy atom. The SMILES string of the molecule is C=C(C)c1ccc(-c2cc(N(C)Cc3ccccc3)n3ncc(CO)c3n2)n2ccnc12. The van der Waals surface area contributed by atoms with Gasteiger partial charge >= 0.3 is 0 Å². The van der Waals surface area contributed by atoms with Crippen LogP contribution in [0.25, 0.3) is 28.3 Å². The Bertz CT molecular complexity index is 1430. The fourth-order valence-corrected chi connectivity index (χ4v) is 4.00. The summed E-state index contributed by atoms with van der Waals surface area (Å²) in [5, 5.41) is 14.4. The summed E-state index contributed by atoms with van der Waals surface area (Å²) in [5.74, 6) is 0.880. The fourth-order valence-electron chi connectivity index (χ4n) is 4.00. The molecule has 4 heterocycles. The molecule has 0 spiro atoms. The number of hydrogen-bond acceptors (Lipinski definition) is 5. The van der Waals surface area contributed by atoms with Crippen LogP contribution >= 0.6 is 0 Å². The number of rotatable bonds is 6. The van der Waals surface area contributed by atoms with Crippen LogP contribution in [0.4, 0.5) is 5.82 Å². The predicted molar refractivity (Wildman–Crippen MR) is 126 cm³/mol. The van der Waals surface area contributed by atoms with Gasteiger partial charge in [-0.2, -0.15) is 9.61 Å². The molecule has 0 saturated carbocycles. The lowest BCUT2D eigenvalue weighted by Crippen LogP contribution is -2.20. The standard InChI is InChI=1S/C25H24N6O/c1-17(2)20-9-10-22(30-12-11-26-25(20)30)21-13-23(29(3)15-18-7-5-4-6-8-18)31-24(28-21)19(16-32)14-27-31/h4-14,32H,1,15-16H2,2-3H3. The zero-order chi connectivity index (χ0) is 22.2. The second kappa shape index (κ2) is 7.94. The minimum atomic E-state index is -0.128. The average Bonchev–Trinajstić information content (AvgIpc) is 3.45. The van der Waals surface area contributed by atoms with E-state index in [1.165, 1.54) is 5.56 Å². The highest BCUT2D eigenvalue weighted by Crippen LogP contribution is 2.29. The van der Waals surface area contributed by atoms with Crippen molar-refractivity contribution in [2.45, 2.75) is 20.1 Å². The van der Waals surface area contributed by atoms with Crippen molar-refractivity contribution in [3.05, 3.63) is 90.4 Å². The number of anilines is 1. The van der Waals surface area contributed by atoms with Crippen LogP contribution in [0, 0.1) is 0 Å². The van der Waals surface area contributed by atoms with Gasteiger partial charge in [0.25, 0.3) is 0 Å². The first-order valence-corrected chi connectivity index (χ1v) is 10.4. The molecule has 0 fully saturated rings. The molecule has 0 aliphatic rings. The molecule has 0 bridgehead atoms. The van der Waals surface area contributed by atoms with Gasteiger partial charge in [-0.3, -0.25) is 4.40 Å². The van der Waals surface area contributed by atoms with Gasteiger partial charge in [0.1, 0.15) is 11.5 Å². The van der Waals surface area contributed by atoms with Crippen molar-refractivity contribution in [1.82, 2.24) is 24.0 Å². The third-order valence-electron chi connectivity index (χ3n) is 5.62. The van der Waals surface area contributed by atoms with E-state index in [2.05, 4.69) is 33.7 Å². The van der Waals surface area contributed by atoms with Crippen LogP contribution in [0.15, 0.2) is 73.7 Å². The number of aliphatic hydroxyl groups is 1. The number of nitrogens with zero attached hydrogens (tertiary/aromatic N) is 6. The van der Waals surface area contributed by atoms with Crippen molar-refractivity contribution in [2.24, 2.45) is 0 Å². The fraction of sp³-hybridized carbons (Fsp3) is 0.160. The summed E-state index contributed by atoms with van der Waals surface area (Å²) < 4.78 is 3.81. The highest BCUT2D eigenvalue weighted by atomic mass is 16.3. The van der Waals surface area contributed by atoms with Crippen molar-refractivity contribution < 1.29 is 5.11 Å². The van der Waals surface area contributed by atoms with Crippen molar-refractivity contribution in [1.29, 1.82) is 0 Å². The van der Waals surface area contributed by atoms with E-state index in [4.69, 9.17) is 4.98 Å². The first-order valence-electron chi connectivity index (χ1n) is 10.4. The Labute approximate surface area is 185 Å². The number of allylic oxidation sites excluding steroid dienone is 1. The minimum absolute atomic E-state index is 0.128. The third-order valence-corrected chi connectivity index (χ3v) is 5.62. The van der Waals surface area contributed by atoms with Gasteiger partial charge in [-0.1, -0.05) is 36.9 Å². The van der Waals surface area contributed by atoms with Gasteiger partial charge < -0.3 is 10.0 Å². The lowest BCUT2D eigenvalue weighted by molar-refractivity contribution is 0.283. The van der Waals surface area contributed by atoms with Crippen LogP contribution in [0.2, 0.25) is 0 Å². The maximum absolute atomic E-state index is 9.85. The summed E-state index contributed by atoms with van der Waals surface area (Å²) in [7, 11) is 2.03. The van der Waals surface area contributed by atoms with E-state index in [0.717, 1.165) is 34.0 Å². The number of aromatic nitrogens is 5. The second-order valence-electron chi connectivity index (χ2n) is 7.94. The van der Waals surface area contributed by atoms with Gasteiger partial charge in [-0.25, -0.2) is 9.97 Å². The molecular weight excluding hydrogens is 400 g/mol. The van der Waals surface area contributed by atoms with Gasteiger partial charge in [0, 0.05) is 43.2 Å². The van der Waals surface area contributed by atoms with E-state index >= 15 is 0 Å². The van der Waals surface area contributed by atoms with Crippen LogP contribution in [0.1, 0.15) is 23.6 Å². The quantitative estimate of drug-likeness (QED) is 0.442. The molecule has 5 aromatic rings. The van der Waals surface area contributed by atoms with E-state index in [-0.39, 0.29) is 6.61 Å². The summed E-state index contributed by atoms with van der Waals surface area (Å²) in [6.45, 7) is 6.64. The molecule has 0 unspecified atom stereocenters. The first kappa shape index (κ1) is 20.0. The molecule has 7 nitrogen and oxygen atoms in total. The average molecular weight is 425 g/mol. The molecule has 0 saturated heterocycles. The maximum atomic E-state index is 9.85. The lowest BCUT2D eigenvalue weighted by Gasteiger charge is -2.21. The highest BCUT2D eigenvalue weighted by molar-refractivity contribution is 5.77. The Balaban J connectivity index is 1.70. The maximum Gasteiger partial charge on any atom is 0.163 e. The number of imidazole rings is 1. The van der Waals surface area contributed by atoms with E-state index < -0.39 is 0 Å². The normalized spacial score (nSPS) is 11.3. The van der Waals surface area contributed by atoms with Crippen LogP contribution in [-0.2, 0) is 13.2 Å². The van der Waals surface area contributed by atoms with Crippen molar-refractivity contribution in [3.8, 4) is 11.4 Å². The Hall–Kier alpha value is -3.97. The summed E-state index contributed by atoms with van der Waals surface area (Å²) in [6, 6.07) is 16.4. The first-order chi connectivity index (χ1) is 15.6.